The van der Waals surface area contributed by atoms with E-state index in [1.54, 1.807) is 12.5 Å². The van der Waals surface area contributed by atoms with Gasteiger partial charge in [-0.05, 0) is 44.0 Å². The van der Waals surface area contributed by atoms with Crippen LogP contribution < -0.4 is 15.0 Å². The van der Waals surface area contributed by atoms with Gasteiger partial charge in [0.15, 0.2) is 5.75 Å². The van der Waals surface area contributed by atoms with Crippen LogP contribution in [0.4, 0.5) is 11.5 Å². The number of ether oxygens (including phenoxy) is 1. The highest BCUT2D eigenvalue weighted by Crippen LogP contribution is 2.31. The lowest BCUT2D eigenvalue weighted by atomic mass is 9.95. The molecule has 0 aliphatic carbocycles. The van der Waals surface area contributed by atoms with Gasteiger partial charge in [0.1, 0.15) is 29.5 Å². The first kappa shape index (κ1) is 21.6. The number of benzene rings is 2. The van der Waals surface area contributed by atoms with Crippen molar-refractivity contribution in [3.05, 3.63) is 85.2 Å². The number of nitrogens with one attached hydrogen (secondary N) is 1. The fourth-order valence-corrected chi connectivity index (χ4v) is 4.14. The van der Waals surface area contributed by atoms with Gasteiger partial charge < -0.3 is 15.0 Å². The number of carbonyl (C=O) groups is 1. The predicted octanol–water partition coefficient (Wildman–Crippen LogP) is 4.62. The first-order valence-corrected chi connectivity index (χ1v) is 11.4. The van der Waals surface area contributed by atoms with Gasteiger partial charge in [0.05, 0.1) is 5.69 Å². The Hall–Kier alpha value is -4.20. The molecule has 0 unspecified atom stereocenters. The van der Waals surface area contributed by atoms with Gasteiger partial charge in [0.2, 0.25) is 5.91 Å². The van der Waals surface area contributed by atoms with Gasteiger partial charge in [0.25, 0.3) is 0 Å². The van der Waals surface area contributed by atoms with Crippen LogP contribution in [-0.4, -0.2) is 38.5 Å². The molecular weight excluding hydrogens is 428 g/mol. The monoisotopic (exact) mass is 454 g/mol. The van der Waals surface area contributed by atoms with Gasteiger partial charge >= 0.3 is 0 Å². The summed E-state index contributed by atoms with van der Waals surface area (Å²) in [4.78, 5) is 28.3. The smallest absolute Gasteiger partial charge is 0.227 e. The molecule has 1 aliphatic heterocycles. The molecule has 0 bridgehead atoms. The van der Waals surface area contributed by atoms with Crippen molar-refractivity contribution in [3.8, 4) is 17.3 Å². The molecule has 34 heavy (non-hydrogen) atoms. The maximum Gasteiger partial charge on any atom is 0.227 e. The molecule has 1 N–H and O–H groups in total. The predicted molar refractivity (Wildman–Crippen MR) is 130 cm³/mol. The lowest BCUT2D eigenvalue weighted by Gasteiger charge is -2.32. The van der Waals surface area contributed by atoms with E-state index in [0.29, 0.717) is 11.4 Å². The van der Waals surface area contributed by atoms with Crippen LogP contribution in [0.1, 0.15) is 18.7 Å². The number of aryl methyl sites for hydroxylation is 1. The minimum Gasteiger partial charge on any atom is -0.455 e. The van der Waals surface area contributed by atoms with E-state index in [2.05, 4.69) is 25.2 Å². The third-order valence-electron chi connectivity index (χ3n) is 6.02. The number of amides is 1. The summed E-state index contributed by atoms with van der Waals surface area (Å²) in [5.74, 6) is 3.82. The SMILES string of the molecule is Cc1nccn1-c1cc(N2CCC(C(=O)Nc3ccccc3Oc3ccccc3)CC2)ncn1. The number of piperidine rings is 1. The Morgan fingerprint density at radius 3 is 2.47 bits per heavy atom. The second kappa shape index (κ2) is 9.74. The molecule has 8 nitrogen and oxygen atoms in total. The van der Waals surface area contributed by atoms with Crippen LogP contribution in [0.25, 0.3) is 5.82 Å². The molecule has 1 aliphatic rings. The molecule has 1 fully saturated rings. The Morgan fingerprint density at radius 1 is 0.971 bits per heavy atom. The number of hydrogen-bond donors (Lipinski definition) is 1. The number of aromatic nitrogens is 4. The summed E-state index contributed by atoms with van der Waals surface area (Å²) < 4.78 is 7.91. The molecule has 1 amide bonds. The maximum atomic E-state index is 13.0. The van der Waals surface area contributed by atoms with E-state index < -0.39 is 0 Å². The molecule has 5 rings (SSSR count). The minimum absolute atomic E-state index is 0.0150. The van der Waals surface area contributed by atoms with Gasteiger partial charge in [-0.25, -0.2) is 15.0 Å². The summed E-state index contributed by atoms with van der Waals surface area (Å²) in [7, 11) is 0. The molecular formula is C26H26N6O2. The van der Waals surface area contributed by atoms with E-state index in [0.717, 1.165) is 49.1 Å². The second-order valence-electron chi connectivity index (χ2n) is 8.24. The van der Waals surface area contributed by atoms with Crippen molar-refractivity contribution in [1.29, 1.82) is 0 Å². The molecule has 2 aromatic carbocycles. The number of carbonyl (C=O) groups excluding carboxylic acids is 1. The highest BCUT2D eigenvalue weighted by Gasteiger charge is 2.26. The Bertz CT molecular complexity index is 1270. The number of anilines is 2. The molecule has 4 aromatic rings. The zero-order chi connectivity index (χ0) is 23.3. The van der Waals surface area contributed by atoms with Crippen molar-refractivity contribution < 1.29 is 9.53 Å². The average Bonchev–Trinajstić information content (AvgIpc) is 3.32. The average molecular weight is 455 g/mol. The molecule has 0 radical (unpaired) electrons. The summed E-state index contributed by atoms with van der Waals surface area (Å²) >= 11 is 0. The van der Waals surface area contributed by atoms with E-state index >= 15 is 0 Å². The Labute approximate surface area is 198 Å². The van der Waals surface area contributed by atoms with Crippen molar-refractivity contribution in [2.75, 3.05) is 23.3 Å². The highest BCUT2D eigenvalue weighted by molar-refractivity contribution is 5.94. The third-order valence-corrected chi connectivity index (χ3v) is 6.02. The van der Waals surface area contributed by atoms with Gasteiger partial charge in [0, 0.05) is 37.5 Å². The third kappa shape index (κ3) is 4.76. The first-order chi connectivity index (χ1) is 16.7. The van der Waals surface area contributed by atoms with Gasteiger partial charge in [-0.1, -0.05) is 30.3 Å². The van der Waals surface area contributed by atoms with Crippen molar-refractivity contribution >= 4 is 17.4 Å². The van der Waals surface area contributed by atoms with Crippen LogP contribution in [-0.2, 0) is 4.79 Å². The molecule has 172 valence electrons. The maximum absolute atomic E-state index is 13.0. The normalized spacial score (nSPS) is 14.1. The fourth-order valence-electron chi connectivity index (χ4n) is 4.14. The first-order valence-electron chi connectivity index (χ1n) is 11.4. The van der Waals surface area contributed by atoms with Crippen molar-refractivity contribution in [1.82, 2.24) is 19.5 Å². The molecule has 8 heteroatoms. The van der Waals surface area contributed by atoms with Crippen molar-refractivity contribution in [2.45, 2.75) is 19.8 Å². The topological polar surface area (TPSA) is 85.2 Å². The fraction of sp³-hybridized carbons (Fsp3) is 0.231. The highest BCUT2D eigenvalue weighted by atomic mass is 16.5. The molecule has 0 atom stereocenters. The Morgan fingerprint density at radius 2 is 1.71 bits per heavy atom. The lowest BCUT2D eigenvalue weighted by Crippen LogP contribution is -2.38. The number of imidazole rings is 1. The van der Waals surface area contributed by atoms with E-state index in [-0.39, 0.29) is 11.8 Å². The number of nitrogens with zero attached hydrogens (tertiary/aromatic N) is 5. The number of para-hydroxylation sites is 3. The molecule has 0 saturated carbocycles. The van der Waals surface area contributed by atoms with E-state index in [1.165, 1.54) is 0 Å². The Kier molecular flexibility index (Phi) is 6.20. The molecule has 1 saturated heterocycles. The summed E-state index contributed by atoms with van der Waals surface area (Å²) in [6, 6.07) is 19.0. The van der Waals surface area contributed by atoms with Gasteiger partial charge in [-0.3, -0.25) is 9.36 Å². The number of rotatable bonds is 6. The summed E-state index contributed by atoms with van der Waals surface area (Å²) in [5.41, 5.74) is 0.676. The van der Waals surface area contributed by atoms with Gasteiger partial charge in [-0.2, -0.15) is 0 Å². The van der Waals surface area contributed by atoms with E-state index in [9.17, 15) is 4.79 Å². The van der Waals surface area contributed by atoms with Crippen LogP contribution in [0, 0.1) is 12.8 Å². The van der Waals surface area contributed by atoms with E-state index in [1.807, 2.05) is 78.4 Å². The van der Waals surface area contributed by atoms with Crippen LogP contribution in [0.5, 0.6) is 11.5 Å². The van der Waals surface area contributed by atoms with Gasteiger partial charge in [-0.15, -0.1) is 0 Å². The number of hydrogen-bond acceptors (Lipinski definition) is 6. The van der Waals surface area contributed by atoms with Crippen LogP contribution in [0.3, 0.4) is 0 Å². The van der Waals surface area contributed by atoms with Crippen molar-refractivity contribution in [2.24, 2.45) is 5.92 Å². The van der Waals surface area contributed by atoms with Crippen molar-refractivity contribution in [3.63, 3.8) is 0 Å². The Balaban J connectivity index is 1.22. The molecule has 0 spiro atoms. The van der Waals surface area contributed by atoms with Crippen LogP contribution in [0.2, 0.25) is 0 Å². The second-order valence-corrected chi connectivity index (χ2v) is 8.24. The largest absolute Gasteiger partial charge is 0.455 e. The lowest BCUT2D eigenvalue weighted by molar-refractivity contribution is -0.120. The van der Waals surface area contributed by atoms with E-state index in [4.69, 9.17) is 4.74 Å². The standard InChI is InChI=1S/C26H26N6O2/c1-19-27-13-16-32(19)25-17-24(28-18-29-25)31-14-11-20(12-15-31)26(33)30-22-9-5-6-10-23(22)34-21-7-3-2-4-8-21/h2-10,13,16-18,20H,11-12,14-15H2,1H3,(H,30,33). The van der Waals surface area contributed by atoms with Crippen LogP contribution in [0.15, 0.2) is 79.4 Å². The molecule has 3 heterocycles. The zero-order valence-electron chi connectivity index (χ0n) is 19.0. The minimum atomic E-state index is -0.0711. The molecule has 2 aromatic heterocycles. The quantitative estimate of drug-likeness (QED) is 0.458. The summed E-state index contributed by atoms with van der Waals surface area (Å²) in [5, 5.41) is 3.07. The summed E-state index contributed by atoms with van der Waals surface area (Å²) in [6.45, 7) is 3.44. The van der Waals surface area contributed by atoms with Crippen LogP contribution >= 0.6 is 0 Å². The summed E-state index contributed by atoms with van der Waals surface area (Å²) in [6.07, 6.45) is 6.71. The zero-order valence-corrected chi connectivity index (χ0v) is 19.0.